The summed E-state index contributed by atoms with van der Waals surface area (Å²) in [5.41, 5.74) is 1.84. The molecule has 18 heavy (non-hydrogen) atoms. The van der Waals surface area contributed by atoms with Crippen LogP contribution in [0.4, 0.5) is 0 Å². The van der Waals surface area contributed by atoms with Gasteiger partial charge in [0.15, 0.2) is 0 Å². The second kappa shape index (κ2) is 6.20. The first-order valence-corrected chi connectivity index (χ1v) is 7.98. The summed E-state index contributed by atoms with van der Waals surface area (Å²) in [6, 6.07) is 6.17. The first-order chi connectivity index (χ1) is 8.56. The smallest absolute Gasteiger partial charge is 0.252 e. The maximum atomic E-state index is 12.2. The Hall–Kier alpha value is -0.350. The Morgan fingerprint density at radius 1 is 1.28 bits per heavy atom. The lowest BCUT2D eigenvalue weighted by Crippen LogP contribution is -2.37. The van der Waals surface area contributed by atoms with E-state index in [9.17, 15) is 4.79 Å². The number of rotatable bonds is 2. The number of carbonyl (C=O) groups excluding carboxylic acids is 1. The quantitative estimate of drug-likeness (QED) is 0.772. The van der Waals surface area contributed by atoms with Crippen molar-refractivity contribution < 1.29 is 4.79 Å². The molecule has 1 amide bonds. The van der Waals surface area contributed by atoms with E-state index in [0.717, 1.165) is 41.3 Å². The number of nitrogens with one attached hydrogen (secondary N) is 1. The van der Waals surface area contributed by atoms with Crippen LogP contribution in [0.25, 0.3) is 0 Å². The van der Waals surface area contributed by atoms with Gasteiger partial charge >= 0.3 is 0 Å². The number of benzene rings is 1. The van der Waals surface area contributed by atoms with Gasteiger partial charge in [-0.2, -0.15) is 0 Å². The summed E-state index contributed by atoms with van der Waals surface area (Å²) >= 11 is 7.06. The second-order valence-corrected chi connectivity index (χ2v) is 7.05. The van der Waals surface area contributed by atoms with Crippen LogP contribution in [-0.4, -0.2) is 16.8 Å². The van der Waals surface area contributed by atoms with E-state index >= 15 is 0 Å². The summed E-state index contributed by atoms with van der Waals surface area (Å²) < 4.78 is 0.861. The van der Waals surface area contributed by atoms with Crippen LogP contribution in [0.15, 0.2) is 22.7 Å². The maximum Gasteiger partial charge on any atom is 0.252 e. The molecule has 2 rings (SSSR count). The summed E-state index contributed by atoms with van der Waals surface area (Å²) in [6.45, 7) is 2.00. The lowest BCUT2D eigenvalue weighted by Gasteiger charge is -2.26. The molecule has 0 aromatic heterocycles. The van der Waals surface area contributed by atoms with Crippen LogP contribution in [0.3, 0.4) is 0 Å². The molecule has 1 N–H and O–H groups in total. The van der Waals surface area contributed by atoms with Crippen LogP contribution in [-0.2, 0) is 0 Å². The van der Waals surface area contributed by atoms with Crippen molar-refractivity contribution in [2.45, 2.75) is 43.5 Å². The van der Waals surface area contributed by atoms with Gasteiger partial charge in [0.05, 0.1) is 5.56 Å². The number of amides is 1. The summed E-state index contributed by atoms with van der Waals surface area (Å²) in [6.07, 6.45) is 4.40. The molecule has 4 heteroatoms. The van der Waals surface area contributed by atoms with Gasteiger partial charge < -0.3 is 5.32 Å². The Morgan fingerprint density at radius 2 is 1.94 bits per heavy atom. The van der Waals surface area contributed by atoms with Crippen molar-refractivity contribution in [3.63, 3.8) is 0 Å². The third-order valence-electron chi connectivity index (χ3n) is 3.36. The van der Waals surface area contributed by atoms with Crippen molar-refractivity contribution in [3.05, 3.63) is 33.8 Å². The number of alkyl halides is 1. The molecule has 0 unspecified atom stereocenters. The molecular formula is C14H17Br2NO. The number of carbonyl (C=O) groups is 1. The van der Waals surface area contributed by atoms with E-state index in [1.165, 1.54) is 0 Å². The number of hydrogen-bond donors (Lipinski definition) is 1. The first kappa shape index (κ1) is 14.1. The Bertz CT molecular complexity index is 439. The summed E-state index contributed by atoms with van der Waals surface area (Å²) in [7, 11) is 0. The third-order valence-corrected chi connectivity index (χ3v) is 4.97. The minimum absolute atomic E-state index is 0.0311. The lowest BCUT2D eigenvalue weighted by molar-refractivity contribution is 0.0927. The minimum atomic E-state index is 0.0311. The van der Waals surface area contributed by atoms with Gasteiger partial charge in [-0.3, -0.25) is 4.79 Å². The normalized spacial score (nSPS) is 23.7. The van der Waals surface area contributed by atoms with E-state index in [1.807, 2.05) is 25.1 Å². The molecule has 1 aromatic rings. The molecular weight excluding hydrogens is 358 g/mol. The van der Waals surface area contributed by atoms with Crippen LogP contribution >= 0.6 is 31.9 Å². The Morgan fingerprint density at radius 3 is 2.61 bits per heavy atom. The average molecular weight is 375 g/mol. The molecule has 0 heterocycles. The highest BCUT2D eigenvalue weighted by molar-refractivity contribution is 9.10. The van der Waals surface area contributed by atoms with E-state index in [2.05, 4.69) is 37.2 Å². The fraction of sp³-hybridized carbons (Fsp3) is 0.500. The molecule has 2 nitrogen and oxygen atoms in total. The van der Waals surface area contributed by atoms with Gasteiger partial charge in [-0.25, -0.2) is 0 Å². The molecule has 0 aliphatic heterocycles. The van der Waals surface area contributed by atoms with Gasteiger partial charge in [0.25, 0.3) is 5.91 Å². The molecule has 1 saturated carbocycles. The van der Waals surface area contributed by atoms with Crippen LogP contribution in [0, 0.1) is 6.92 Å². The molecule has 98 valence electrons. The van der Waals surface area contributed by atoms with E-state index in [1.54, 1.807) is 0 Å². The highest BCUT2D eigenvalue weighted by atomic mass is 79.9. The highest BCUT2D eigenvalue weighted by Crippen LogP contribution is 2.25. The Kier molecular flexibility index (Phi) is 4.84. The summed E-state index contributed by atoms with van der Waals surface area (Å²) in [4.78, 5) is 12.8. The summed E-state index contributed by atoms with van der Waals surface area (Å²) in [5.74, 6) is 0.0311. The van der Waals surface area contributed by atoms with Gasteiger partial charge in [0, 0.05) is 15.3 Å². The molecule has 1 aliphatic rings. The molecule has 0 atom stereocenters. The van der Waals surface area contributed by atoms with Gasteiger partial charge in [0.2, 0.25) is 0 Å². The number of hydrogen-bond acceptors (Lipinski definition) is 1. The average Bonchev–Trinajstić information content (AvgIpc) is 2.35. The van der Waals surface area contributed by atoms with Crippen LogP contribution < -0.4 is 5.32 Å². The Balaban J connectivity index is 2.01. The predicted octanol–water partition coefficient (Wildman–Crippen LogP) is 4.19. The highest BCUT2D eigenvalue weighted by Gasteiger charge is 2.21. The van der Waals surface area contributed by atoms with Crippen molar-refractivity contribution >= 4 is 37.8 Å². The van der Waals surface area contributed by atoms with Crippen molar-refractivity contribution in [1.29, 1.82) is 0 Å². The van der Waals surface area contributed by atoms with Crippen molar-refractivity contribution in [1.82, 2.24) is 5.32 Å². The first-order valence-electron chi connectivity index (χ1n) is 6.27. The molecule has 1 fully saturated rings. The van der Waals surface area contributed by atoms with Crippen LogP contribution in [0.2, 0.25) is 0 Å². The third kappa shape index (κ3) is 3.58. The van der Waals surface area contributed by atoms with Gasteiger partial charge in [-0.05, 0) is 60.7 Å². The fourth-order valence-corrected chi connectivity index (χ4v) is 3.23. The van der Waals surface area contributed by atoms with Crippen molar-refractivity contribution in [2.24, 2.45) is 0 Å². The van der Waals surface area contributed by atoms with Gasteiger partial charge in [0.1, 0.15) is 0 Å². The molecule has 0 radical (unpaired) electrons. The SMILES string of the molecule is Cc1ccc(Br)c(C(=O)NC2CCC(Br)CC2)c1. The van der Waals surface area contributed by atoms with E-state index in [-0.39, 0.29) is 5.91 Å². The largest absolute Gasteiger partial charge is 0.349 e. The number of aryl methyl sites for hydroxylation is 1. The lowest BCUT2D eigenvalue weighted by atomic mass is 9.95. The van der Waals surface area contributed by atoms with E-state index in [0.29, 0.717) is 10.9 Å². The molecule has 0 bridgehead atoms. The molecule has 1 aromatic carbocycles. The summed E-state index contributed by atoms with van der Waals surface area (Å²) in [5, 5.41) is 3.13. The molecule has 0 saturated heterocycles. The van der Waals surface area contributed by atoms with Gasteiger partial charge in [-0.1, -0.05) is 27.6 Å². The topological polar surface area (TPSA) is 29.1 Å². The van der Waals surface area contributed by atoms with Crippen LogP contribution in [0.1, 0.15) is 41.6 Å². The molecule has 0 spiro atoms. The fourth-order valence-electron chi connectivity index (χ4n) is 2.27. The van der Waals surface area contributed by atoms with Crippen LogP contribution in [0.5, 0.6) is 0 Å². The zero-order chi connectivity index (χ0) is 13.1. The monoisotopic (exact) mass is 373 g/mol. The standard InChI is InChI=1S/C14H17Br2NO/c1-9-2-7-13(16)12(8-9)14(18)17-11-5-3-10(15)4-6-11/h2,7-8,10-11H,3-6H2,1H3,(H,17,18). The maximum absolute atomic E-state index is 12.2. The minimum Gasteiger partial charge on any atom is -0.349 e. The number of halogens is 2. The molecule has 1 aliphatic carbocycles. The van der Waals surface area contributed by atoms with E-state index < -0.39 is 0 Å². The predicted molar refractivity (Wildman–Crippen MR) is 81.3 cm³/mol. The van der Waals surface area contributed by atoms with Crippen molar-refractivity contribution in [2.75, 3.05) is 0 Å². The van der Waals surface area contributed by atoms with Crippen molar-refractivity contribution in [3.8, 4) is 0 Å². The zero-order valence-corrected chi connectivity index (χ0v) is 13.6. The zero-order valence-electron chi connectivity index (χ0n) is 10.4. The second-order valence-electron chi connectivity index (χ2n) is 4.91. The van der Waals surface area contributed by atoms with E-state index in [4.69, 9.17) is 0 Å². The van der Waals surface area contributed by atoms with Gasteiger partial charge in [-0.15, -0.1) is 0 Å². The Labute approximate surface area is 125 Å².